The van der Waals surface area contributed by atoms with Crippen LogP contribution in [0.15, 0.2) is 36.5 Å². The number of H-pyrrole nitrogens is 1. The van der Waals surface area contributed by atoms with Gasteiger partial charge in [0.1, 0.15) is 11.3 Å². The second kappa shape index (κ2) is 3.98. The van der Waals surface area contributed by atoms with E-state index in [0.717, 1.165) is 0 Å². The molecule has 0 atom stereocenters. The SMILES string of the molecule is Nc1ccc(C(=O)Oc2ccc[nH]2)c(O)c1. The molecule has 4 N–H and O–H groups in total. The van der Waals surface area contributed by atoms with Gasteiger partial charge in [0.2, 0.25) is 5.88 Å². The Kier molecular flexibility index (Phi) is 2.51. The predicted octanol–water partition coefficient (Wildman–Crippen LogP) is 1.52. The molecule has 2 aromatic rings. The highest BCUT2D eigenvalue weighted by Crippen LogP contribution is 2.21. The predicted molar refractivity (Wildman–Crippen MR) is 58.3 cm³/mol. The number of aromatic hydroxyl groups is 1. The van der Waals surface area contributed by atoms with Gasteiger partial charge in [0.05, 0.1) is 0 Å². The topological polar surface area (TPSA) is 88.3 Å². The second-order valence-electron chi connectivity index (χ2n) is 3.20. The van der Waals surface area contributed by atoms with E-state index in [1.165, 1.54) is 18.2 Å². The van der Waals surface area contributed by atoms with Crippen molar-refractivity contribution in [3.05, 3.63) is 42.1 Å². The van der Waals surface area contributed by atoms with Crippen LogP contribution in [0.5, 0.6) is 11.6 Å². The first kappa shape index (κ1) is 10.1. The zero-order valence-corrected chi connectivity index (χ0v) is 8.31. The van der Waals surface area contributed by atoms with Crippen LogP contribution < -0.4 is 10.5 Å². The number of nitrogens with two attached hydrogens (primary N) is 1. The van der Waals surface area contributed by atoms with Crippen molar-refractivity contribution in [2.75, 3.05) is 5.73 Å². The van der Waals surface area contributed by atoms with E-state index in [9.17, 15) is 9.90 Å². The van der Waals surface area contributed by atoms with Crippen LogP contribution in [0.4, 0.5) is 5.69 Å². The van der Waals surface area contributed by atoms with Gasteiger partial charge in [-0.15, -0.1) is 0 Å². The number of benzene rings is 1. The molecule has 82 valence electrons. The molecular weight excluding hydrogens is 208 g/mol. The van der Waals surface area contributed by atoms with Gasteiger partial charge in [-0.3, -0.25) is 0 Å². The molecule has 0 unspecified atom stereocenters. The molecule has 1 heterocycles. The molecule has 0 bridgehead atoms. The number of phenols is 1. The second-order valence-corrected chi connectivity index (χ2v) is 3.20. The van der Waals surface area contributed by atoms with E-state index >= 15 is 0 Å². The molecule has 0 radical (unpaired) electrons. The number of rotatable bonds is 2. The summed E-state index contributed by atoms with van der Waals surface area (Å²) in [7, 11) is 0. The number of anilines is 1. The highest BCUT2D eigenvalue weighted by Gasteiger charge is 2.13. The summed E-state index contributed by atoms with van der Waals surface area (Å²) in [5, 5.41) is 9.50. The monoisotopic (exact) mass is 218 g/mol. The molecule has 0 aliphatic rings. The minimum atomic E-state index is -0.639. The van der Waals surface area contributed by atoms with Crippen LogP contribution in [0, 0.1) is 0 Å². The summed E-state index contributed by atoms with van der Waals surface area (Å²) in [6.07, 6.45) is 1.63. The number of esters is 1. The Balaban J connectivity index is 2.21. The summed E-state index contributed by atoms with van der Waals surface area (Å²) in [6.45, 7) is 0. The summed E-state index contributed by atoms with van der Waals surface area (Å²) < 4.78 is 4.97. The number of carbonyl (C=O) groups is 1. The normalized spacial score (nSPS) is 10.0. The maximum Gasteiger partial charge on any atom is 0.348 e. The summed E-state index contributed by atoms with van der Waals surface area (Å²) in [5.41, 5.74) is 5.90. The first-order valence-corrected chi connectivity index (χ1v) is 4.61. The lowest BCUT2D eigenvalue weighted by Crippen LogP contribution is -2.09. The minimum absolute atomic E-state index is 0.0730. The van der Waals surface area contributed by atoms with Crippen molar-refractivity contribution in [3.63, 3.8) is 0 Å². The fraction of sp³-hybridized carbons (Fsp3) is 0. The van der Waals surface area contributed by atoms with Crippen molar-refractivity contribution in [2.45, 2.75) is 0 Å². The Morgan fingerprint density at radius 3 is 2.81 bits per heavy atom. The number of carbonyl (C=O) groups excluding carboxylic acids is 1. The van der Waals surface area contributed by atoms with Crippen LogP contribution >= 0.6 is 0 Å². The molecule has 0 amide bonds. The Labute approximate surface area is 91.5 Å². The first-order valence-electron chi connectivity index (χ1n) is 4.61. The van der Waals surface area contributed by atoms with Gasteiger partial charge in [-0.2, -0.15) is 0 Å². The fourth-order valence-electron chi connectivity index (χ4n) is 1.25. The Bertz CT molecular complexity index is 506. The molecule has 0 saturated carbocycles. The van der Waals surface area contributed by atoms with Gasteiger partial charge < -0.3 is 20.6 Å². The molecule has 0 saturated heterocycles. The number of nitrogens with one attached hydrogen (secondary N) is 1. The van der Waals surface area contributed by atoms with E-state index < -0.39 is 5.97 Å². The van der Waals surface area contributed by atoms with Gasteiger partial charge >= 0.3 is 5.97 Å². The van der Waals surface area contributed by atoms with Crippen LogP contribution in [0.2, 0.25) is 0 Å². The molecule has 1 aromatic heterocycles. The van der Waals surface area contributed by atoms with E-state index in [0.29, 0.717) is 11.6 Å². The van der Waals surface area contributed by atoms with Crippen LogP contribution in [0.25, 0.3) is 0 Å². The molecule has 0 spiro atoms. The van der Waals surface area contributed by atoms with Gasteiger partial charge in [-0.1, -0.05) is 0 Å². The lowest BCUT2D eigenvalue weighted by molar-refractivity contribution is 0.0725. The van der Waals surface area contributed by atoms with Crippen LogP contribution in [0.1, 0.15) is 10.4 Å². The van der Waals surface area contributed by atoms with Gasteiger partial charge in [-0.25, -0.2) is 4.79 Å². The summed E-state index contributed by atoms with van der Waals surface area (Å²) in [4.78, 5) is 14.3. The number of nitrogen functional groups attached to an aromatic ring is 1. The summed E-state index contributed by atoms with van der Waals surface area (Å²) in [6, 6.07) is 7.53. The van der Waals surface area contributed by atoms with Crippen LogP contribution in [0.3, 0.4) is 0 Å². The highest BCUT2D eigenvalue weighted by molar-refractivity contribution is 5.94. The maximum atomic E-state index is 11.6. The minimum Gasteiger partial charge on any atom is -0.507 e. The lowest BCUT2D eigenvalue weighted by atomic mass is 10.2. The van der Waals surface area contributed by atoms with E-state index in [4.69, 9.17) is 10.5 Å². The Morgan fingerprint density at radius 1 is 1.38 bits per heavy atom. The third kappa shape index (κ3) is 1.98. The van der Waals surface area contributed by atoms with Gasteiger partial charge in [0.25, 0.3) is 0 Å². The van der Waals surface area contributed by atoms with E-state index in [1.807, 2.05) is 0 Å². The zero-order valence-electron chi connectivity index (χ0n) is 8.31. The van der Waals surface area contributed by atoms with Crippen molar-refractivity contribution in [3.8, 4) is 11.6 Å². The number of hydrogen-bond donors (Lipinski definition) is 3. The van der Waals surface area contributed by atoms with Crippen molar-refractivity contribution in [2.24, 2.45) is 0 Å². The number of aromatic amines is 1. The van der Waals surface area contributed by atoms with E-state index in [-0.39, 0.29) is 11.3 Å². The summed E-state index contributed by atoms with van der Waals surface area (Å²) >= 11 is 0. The van der Waals surface area contributed by atoms with Gasteiger partial charge in [-0.05, 0) is 18.2 Å². The van der Waals surface area contributed by atoms with Crippen molar-refractivity contribution in [1.29, 1.82) is 0 Å². The smallest absolute Gasteiger partial charge is 0.348 e. The fourth-order valence-corrected chi connectivity index (χ4v) is 1.25. The molecule has 0 fully saturated rings. The maximum absolute atomic E-state index is 11.6. The Morgan fingerprint density at radius 2 is 2.19 bits per heavy atom. The largest absolute Gasteiger partial charge is 0.507 e. The first-order chi connectivity index (χ1) is 7.66. The highest BCUT2D eigenvalue weighted by atomic mass is 16.5. The number of phenolic OH excluding ortho intramolecular Hbond substituents is 1. The van der Waals surface area contributed by atoms with Crippen LogP contribution in [-0.2, 0) is 0 Å². The average Bonchev–Trinajstić information content (AvgIpc) is 2.70. The van der Waals surface area contributed by atoms with E-state index in [2.05, 4.69) is 4.98 Å². The number of ether oxygens (including phenoxy) is 1. The molecule has 2 rings (SSSR count). The van der Waals surface area contributed by atoms with Crippen LogP contribution in [-0.4, -0.2) is 16.1 Å². The third-order valence-corrected chi connectivity index (χ3v) is 2.01. The Hall–Kier alpha value is -2.43. The van der Waals surface area contributed by atoms with Crippen molar-refractivity contribution >= 4 is 11.7 Å². The van der Waals surface area contributed by atoms with Crippen molar-refractivity contribution < 1.29 is 14.6 Å². The third-order valence-electron chi connectivity index (χ3n) is 2.01. The molecular formula is C11H10N2O3. The van der Waals surface area contributed by atoms with Gasteiger partial charge in [0, 0.05) is 24.0 Å². The standard InChI is InChI=1S/C11H10N2O3/c12-7-3-4-8(9(14)6-7)11(15)16-10-2-1-5-13-10/h1-6,13-14H,12H2. The number of aromatic nitrogens is 1. The zero-order chi connectivity index (χ0) is 11.5. The number of hydrogen-bond acceptors (Lipinski definition) is 4. The molecule has 0 aliphatic heterocycles. The van der Waals surface area contributed by atoms with Gasteiger partial charge in [0.15, 0.2) is 0 Å². The molecule has 5 nitrogen and oxygen atoms in total. The molecule has 0 aliphatic carbocycles. The quantitative estimate of drug-likeness (QED) is 0.526. The lowest BCUT2D eigenvalue weighted by Gasteiger charge is -2.04. The van der Waals surface area contributed by atoms with E-state index in [1.54, 1.807) is 18.3 Å². The molecule has 5 heteroatoms. The summed E-state index contributed by atoms with van der Waals surface area (Å²) in [5.74, 6) is -0.516. The molecule has 16 heavy (non-hydrogen) atoms. The van der Waals surface area contributed by atoms with Crippen molar-refractivity contribution in [1.82, 2.24) is 4.98 Å². The molecule has 1 aromatic carbocycles. The average molecular weight is 218 g/mol.